The first-order valence-electron chi connectivity index (χ1n) is 8.07. The van der Waals surface area contributed by atoms with Crippen molar-refractivity contribution in [1.29, 1.82) is 0 Å². The molecule has 4 rings (SSSR count). The Hall–Kier alpha value is -0.420. The molecule has 2 bridgehead atoms. The van der Waals surface area contributed by atoms with Gasteiger partial charge in [-0.2, -0.15) is 0 Å². The number of hydrogen-bond acceptors (Lipinski definition) is 3. The number of halogens is 1. The summed E-state index contributed by atoms with van der Waals surface area (Å²) in [6, 6.07) is 10.9. The van der Waals surface area contributed by atoms with Crippen LogP contribution in [0.3, 0.4) is 0 Å². The maximum Gasteiger partial charge on any atom is 0.137 e. The summed E-state index contributed by atoms with van der Waals surface area (Å²) in [5.41, 5.74) is 1.29. The highest BCUT2D eigenvalue weighted by atomic mass is 79.9. The molecular formula is C17H23BrN2O. The van der Waals surface area contributed by atoms with E-state index in [1.165, 1.54) is 31.2 Å². The molecule has 3 fully saturated rings. The van der Waals surface area contributed by atoms with Gasteiger partial charge >= 0.3 is 0 Å². The Kier molecular flexibility index (Phi) is 3.82. The van der Waals surface area contributed by atoms with E-state index in [2.05, 4.69) is 57.0 Å². The fourth-order valence-corrected chi connectivity index (χ4v) is 4.69. The third-order valence-electron chi connectivity index (χ3n) is 5.62. The smallest absolute Gasteiger partial charge is 0.137 e. The van der Waals surface area contributed by atoms with E-state index in [0.29, 0.717) is 6.04 Å². The van der Waals surface area contributed by atoms with Crippen LogP contribution in [0.1, 0.15) is 37.5 Å². The van der Waals surface area contributed by atoms with E-state index in [-0.39, 0.29) is 6.23 Å². The lowest BCUT2D eigenvalue weighted by Crippen LogP contribution is -2.48. The number of fused-ring (bicyclic) bond motifs is 2. The van der Waals surface area contributed by atoms with Crippen LogP contribution < -0.4 is 0 Å². The zero-order valence-corrected chi connectivity index (χ0v) is 14.1. The molecule has 1 aromatic rings. The van der Waals surface area contributed by atoms with Crippen LogP contribution in [-0.4, -0.2) is 48.1 Å². The minimum Gasteiger partial charge on any atom is -0.358 e. The van der Waals surface area contributed by atoms with E-state index in [0.717, 1.165) is 29.7 Å². The van der Waals surface area contributed by atoms with Crippen LogP contribution in [-0.2, 0) is 4.74 Å². The first-order valence-corrected chi connectivity index (χ1v) is 8.86. The van der Waals surface area contributed by atoms with E-state index in [4.69, 9.17) is 4.74 Å². The Balaban J connectivity index is 1.53. The molecular weight excluding hydrogens is 328 g/mol. The van der Waals surface area contributed by atoms with Crippen molar-refractivity contribution >= 4 is 15.9 Å². The van der Waals surface area contributed by atoms with Gasteiger partial charge in [0.2, 0.25) is 0 Å². The van der Waals surface area contributed by atoms with Crippen LogP contribution in [0.2, 0.25) is 0 Å². The van der Waals surface area contributed by atoms with E-state index in [1.807, 2.05) is 0 Å². The predicted molar refractivity (Wildman–Crippen MR) is 87.1 cm³/mol. The first-order chi connectivity index (χ1) is 10.2. The van der Waals surface area contributed by atoms with Gasteiger partial charge in [0.15, 0.2) is 0 Å². The summed E-state index contributed by atoms with van der Waals surface area (Å²) in [5.74, 6) is 0. The van der Waals surface area contributed by atoms with Crippen LogP contribution in [0.25, 0.3) is 0 Å². The van der Waals surface area contributed by atoms with Crippen molar-refractivity contribution in [3.63, 3.8) is 0 Å². The van der Waals surface area contributed by atoms with Crippen LogP contribution in [0.15, 0.2) is 28.7 Å². The van der Waals surface area contributed by atoms with Crippen molar-refractivity contribution in [2.45, 2.75) is 50.0 Å². The molecule has 0 saturated carbocycles. The average molecular weight is 351 g/mol. The van der Waals surface area contributed by atoms with Gasteiger partial charge in [-0.25, -0.2) is 0 Å². The molecule has 21 heavy (non-hydrogen) atoms. The lowest BCUT2D eigenvalue weighted by Gasteiger charge is -2.41. The Morgan fingerprint density at radius 2 is 1.71 bits per heavy atom. The van der Waals surface area contributed by atoms with Gasteiger partial charge in [0, 0.05) is 29.1 Å². The molecule has 0 N–H and O–H groups in total. The molecule has 3 saturated heterocycles. The molecule has 4 heteroatoms. The van der Waals surface area contributed by atoms with Crippen molar-refractivity contribution in [1.82, 2.24) is 9.80 Å². The van der Waals surface area contributed by atoms with Crippen molar-refractivity contribution in [3.8, 4) is 0 Å². The van der Waals surface area contributed by atoms with Crippen molar-refractivity contribution in [2.75, 3.05) is 20.2 Å². The highest BCUT2D eigenvalue weighted by Gasteiger charge is 2.43. The number of hydrogen-bond donors (Lipinski definition) is 0. The second kappa shape index (κ2) is 5.65. The summed E-state index contributed by atoms with van der Waals surface area (Å²) in [4.78, 5) is 5.23. The summed E-state index contributed by atoms with van der Waals surface area (Å²) in [5, 5.41) is 0. The molecule has 3 atom stereocenters. The third-order valence-corrected chi connectivity index (χ3v) is 6.15. The number of rotatable bonds is 2. The van der Waals surface area contributed by atoms with Crippen LogP contribution in [0.5, 0.6) is 0 Å². The largest absolute Gasteiger partial charge is 0.358 e. The molecule has 3 aliphatic rings. The Labute approximate surface area is 135 Å². The Bertz CT molecular complexity index is 492. The molecule has 0 amide bonds. The molecule has 3 heterocycles. The fraction of sp³-hybridized carbons (Fsp3) is 0.647. The fourth-order valence-electron chi connectivity index (χ4n) is 4.43. The zero-order chi connectivity index (χ0) is 14.4. The van der Waals surface area contributed by atoms with Gasteiger partial charge < -0.3 is 9.64 Å². The van der Waals surface area contributed by atoms with Crippen LogP contribution in [0, 0.1) is 0 Å². The SMILES string of the molecule is CN1[C@@H]2CC[C@@H]1CC(N1CCO[C@H]1c1ccc(Br)cc1)C2. The quantitative estimate of drug-likeness (QED) is 0.812. The lowest BCUT2D eigenvalue weighted by molar-refractivity contribution is -0.0145. The van der Waals surface area contributed by atoms with Crippen molar-refractivity contribution in [3.05, 3.63) is 34.3 Å². The van der Waals surface area contributed by atoms with Crippen molar-refractivity contribution < 1.29 is 4.74 Å². The number of nitrogens with zero attached hydrogens (tertiary/aromatic N) is 2. The highest BCUT2D eigenvalue weighted by molar-refractivity contribution is 9.10. The van der Waals surface area contributed by atoms with E-state index < -0.39 is 0 Å². The molecule has 0 spiro atoms. The molecule has 3 nitrogen and oxygen atoms in total. The Morgan fingerprint density at radius 3 is 2.38 bits per heavy atom. The van der Waals surface area contributed by atoms with Crippen molar-refractivity contribution in [2.24, 2.45) is 0 Å². The number of ether oxygens (including phenoxy) is 1. The van der Waals surface area contributed by atoms with Gasteiger partial charge in [-0.15, -0.1) is 0 Å². The van der Waals surface area contributed by atoms with Gasteiger partial charge in [0.25, 0.3) is 0 Å². The molecule has 0 aliphatic carbocycles. The van der Waals surface area contributed by atoms with Gasteiger partial charge in [0.1, 0.15) is 6.23 Å². The molecule has 0 radical (unpaired) electrons. The lowest BCUT2D eigenvalue weighted by atomic mass is 9.96. The second-order valence-corrected chi connectivity index (χ2v) is 7.60. The normalized spacial score (nSPS) is 37.2. The van der Waals surface area contributed by atoms with Gasteiger partial charge in [-0.3, -0.25) is 4.90 Å². The zero-order valence-electron chi connectivity index (χ0n) is 12.5. The molecule has 114 valence electrons. The minimum absolute atomic E-state index is 0.158. The molecule has 3 aliphatic heterocycles. The maximum atomic E-state index is 6.06. The standard InChI is InChI=1S/C17H23BrN2O/c1-19-14-6-7-15(19)11-16(10-14)20-8-9-21-17(20)12-2-4-13(18)5-3-12/h2-5,14-17H,6-11H2,1H3/t14-,15-,17+/m1/s1. The number of piperidine rings is 1. The summed E-state index contributed by atoms with van der Waals surface area (Å²) >= 11 is 3.52. The van der Waals surface area contributed by atoms with Gasteiger partial charge in [-0.05, 0) is 50.4 Å². The molecule has 1 aromatic carbocycles. The highest BCUT2D eigenvalue weighted by Crippen LogP contribution is 2.40. The predicted octanol–water partition coefficient (Wildman–Crippen LogP) is 3.41. The maximum absolute atomic E-state index is 6.06. The second-order valence-electron chi connectivity index (χ2n) is 6.69. The first kappa shape index (κ1) is 14.2. The summed E-state index contributed by atoms with van der Waals surface area (Å²) in [6.45, 7) is 1.94. The summed E-state index contributed by atoms with van der Waals surface area (Å²) in [6.07, 6.45) is 5.54. The van der Waals surface area contributed by atoms with Gasteiger partial charge in [0.05, 0.1) is 6.61 Å². The monoisotopic (exact) mass is 350 g/mol. The van der Waals surface area contributed by atoms with E-state index in [1.54, 1.807) is 0 Å². The molecule has 0 unspecified atom stereocenters. The minimum atomic E-state index is 0.158. The summed E-state index contributed by atoms with van der Waals surface area (Å²) in [7, 11) is 2.31. The van der Waals surface area contributed by atoms with Crippen LogP contribution in [0.4, 0.5) is 0 Å². The summed E-state index contributed by atoms with van der Waals surface area (Å²) < 4.78 is 7.19. The van der Waals surface area contributed by atoms with E-state index in [9.17, 15) is 0 Å². The topological polar surface area (TPSA) is 15.7 Å². The van der Waals surface area contributed by atoms with Crippen LogP contribution >= 0.6 is 15.9 Å². The van der Waals surface area contributed by atoms with E-state index >= 15 is 0 Å². The average Bonchev–Trinajstić information content (AvgIpc) is 3.02. The van der Waals surface area contributed by atoms with Gasteiger partial charge in [-0.1, -0.05) is 28.1 Å². The molecule has 0 aromatic heterocycles. The Morgan fingerprint density at radius 1 is 1.05 bits per heavy atom. The third kappa shape index (κ3) is 2.56. The number of benzene rings is 1.